The van der Waals surface area contributed by atoms with E-state index in [1.165, 1.54) is 6.21 Å². The highest BCUT2D eigenvalue weighted by molar-refractivity contribution is 7.89. The summed E-state index contributed by atoms with van der Waals surface area (Å²) in [7, 11) is -4.05. The molecule has 0 heterocycles. The van der Waals surface area contributed by atoms with Crippen LogP contribution in [0.2, 0.25) is 5.02 Å². The minimum absolute atomic E-state index is 0.0129. The molecule has 4 aromatic carbocycles. The Morgan fingerprint density at radius 3 is 2.34 bits per heavy atom. The molecule has 0 saturated carbocycles. The molecule has 0 aliphatic carbocycles. The van der Waals surface area contributed by atoms with Gasteiger partial charge in [-0.25, -0.2) is 13.8 Å². The van der Waals surface area contributed by atoms with E-state index in [9.17, 15) is 18.3 Å². The summed E-state index contributed by atoms with van der Waals surface area (Å²) in [4.78, 5) is 13.1. The minimum Gasteiger partial charge on any atom is -0.507 e. The van der Waals surface area contributed by atoms with Crippen LogP contribution in [0.5, 0.6) is 5.75 Å². The van der Waals surface area contributed by atoms with Gasteiger partial charge in [0.05, 0.1) is 17.7 Å². The van der Waals surface area contributed by atoms with E-state index in [1.807, 2.05) is 31.2 Å². The number of aromatic hydroxyl groups is 1. The molecule has 0 bridgehead atoms. The van der Waals surface area contributed by atoms with Crippen molar-refractivity contribution in [2.45, 2.75) is 32.2 Å². The van der Waals surface area contributed by atoms with E-state index < -0.39 is 22.5 Å². The number of hydrogen-bond acceptors (Lipinski definition) is 5. The first-order chi connectivity index (χ1) is 18.1. The predicted molar refractivity (Wildman–Crippen MR) is 151 cm³/mol. The van der Waals surface area contributed by atoms with Crippen LogP contribution < -0.4 is 5.43 Å². The zero-order valence-electron chi connectivity index (χ0n) is 21.3. The van der Waals surface area contributed by atoms with Gasteiger partial charge < -0.3 is 5.11 Å². The Hall–Kier alpha value is -3.72. The molecule has 0 aliphatic rings. The minimum atomic E-state index is -4.05. The van der Waals surface area contributed by atoms with Gasteiger partial charge in [0.1, 0.15) is 5.75 Å². The molecule has 4 rings (SSSR count). The number of halogens is 1. The van der Waals surface area contributed by atoms with Crippen molar-refractivity contribution in [3.63, 3.8) is 0 Å². The Bertz CT molecular complexity index is 1610. The van der Waals surface area contributed by atoms with Gasteiger partial charge in [-0.15, -0.1) is 0 Å². The van der Waals surface area contributed by atoms with Crippen molar-refractivity contribution >= 4 is 44.5 Å². The molecule has 0 aliphatic heterocycles. The second-order valence-corrected chi connectivity index (χ2v) is 11.5. The Kier molecular flexibility index (Phi) is 8.16. The van der Waals surface area contributed by atoms with Crippen molar-refractivity contribution in [3.05, 3.63) is 106 Å². The number of nitrogens with zero attached hydrogens (tertiary/aromatic N) is 2. The zero-order chi connectivity index (χ0) is 27.4. The summed E-state index contributed by atoms with van der Waals surface area (Å²) >= 11 is 6.00. The number of fused-ring (bicyclic) bond motifs is 1. The van der Waals surface area contributed by atoms with E-state index in [0.29, 0.717) is 27.3 Å². The molecule has 0 spiro atoms. The number of carbonyl (C=O) groups is 1. The third-order valence-electron chi connectivity index (χ3n) is 6.13. The van der Waals surface area contributed by atoms with Crippen LogP contribution in [0.4, 0.5) is 0 Å². The topological polar surface area (TPSA) is 99.1 Å². The van der Waals surface area contributed by atoms with Crippen LogP contribution in [0.15, 0.2) is 82.8 Å². The number of aryl methyl sites for hydroxylation is 3. The number of carbonyl (C=O) groups excluding carboxylic acids is 1. The van der Waals surface area contributed by atoms with Crippen molar-refractivity contribution < 1.29 is 18.3 Å². The Morgan fingerprint density at radius 1 is 1.00 bits per heavy atom. The number of rotatable bonds is 8. The fourth-order valence-electron chi connectivity index (χ4n) is 4.51. The molecule has 7 nitrogen and oxygen atoms in total. The number of hydrogen-bond donors (Lipinski definition) is 2. The number of nitrogens with one attached hydrogen (secondary N) is 1. The lowest BCUT2D eigenvalue weighted by atomic mass is 10.0. The van der Waals surface area contributed by atoms with Crippen LogP contribution in [-0.2, 0) is 21.4 Å². The first kappa shape index (κ1) is 27.3. The second kappa shape index (κ2) is 11.3. The quantitative estimate of drug-likeness (QED) is 0.225. The fourth-order valence-corrected chi connectivity index (χ4v) is 6.43. The molecule has 196 valence electrons. The highest BCUT2D eigenvalue weighted by Crippen LogP contribution is 2.27. The van der Waals surface area contributed by atoms with Gasteiger partial charge in [0.2, 0.25) is 10.0 Å². The van der Waals surface area contributed by atoms with E-state index in [-0.39, 0.29) is 17.2 Å². The highest BCUT2D eigenvalue weighted by Gasteiger charge is 2.30. The maximum Gasteiger partial charge on any atom is 0.255 e. The third-order valence-corrected chi connectivity index (χ3v) is 8.48. The van der Waals surface area contributed by atoms with Gasteiger partial charge in [-0.05, 0) is 66.4 Å². The molecular formula is C29H28ClN3O4S. The summed E-state index contributed by atoms with van der Waals surface area (Å²) in [6.45, 7) is 4.90. The number of sulfonamides is 1. The lowest BCUT2D eigenvalue weighted by molar-refractivity contribution is -0.121. The van der Waals surface area contributed by atoms with E-state index in [1.54, 1.807) is 62.4 Å². The Morgan fingerprint density at radius 2 is 1.66 bits per heavy atom. The lowest BCUT2D eigenvalue weighted by Gasteiger charge is -2.24. The van der Waals surface area contributed by atoms with Crippen LogP contribution in [0.3, 0.4) is 0 Å². The monoisotopic (exact) mass is 549 g/mol. The van der Waals surface area contributed by atoms with Gasteiger partial charge in [-0.1, -0.05) is 71.8 Å². The summed E-state index contributed by atoms with van der Waals surface area (Å²) in [6, 6.07) is 21.2. The predicted octanol–water partition coefficient (Wildman–Crippen LogP) is 5.47. The lowest BCUT2D eigenvalue weighted by Crippen LogP contribution is -2.39. The standard InChI is InChI=1S/C29H28ClN3O4S/c1-19-14-20(2)29(21(3)15-19)38(36,37)33(17-22-8-11-24(30)12-9-22)18-28(35)32-31-16-26-25-7-5-4-6-23(25)10-13-27(26)34/h4-16,34H,17-18H2,1-3H3,(H,32,35)/b31-16+. The normalized spacial score (nSPS) is 11.9. The van der Waals surface area contributed by atoms with Gasteiger partial charge >= 0.3 is 0 Å². The highest BCUT2D eigenvalue weighted by atomic mass is 35.5. The number of amides is 1. The number of phenolic OH excluding ortho intramolecular Hbond substituents is 1. The number of phenols is 1. The summed E-state index contributed by atoms with van der Waals surface area (Å²) in [5.74, 6) is -0.611. The molecule has 0 fully saturated rings. The first-order valence-electron chi connectivity index (χ1n) is 11.9. The van der Waals surface area contributed by atoms with Gasteiger partial charge in [-0.2, -0.15) is 9.41 Å². The molecule has 0 atom stereocenters. The Balaban J connectivity index is 1.61. The van der Waals surface area contributed by atoms with E-state index in [2.05, 4.69) is 10.5 Å². The average molecular weight is 550 g/mol. The molecule has 0 saturated heterocycles. The Labute approximate surface area is 227 Å². The van der Waals surface area contributed by atoms with Gasteiger partial charge in [0, 0.05) is 17.1 Å². The van der Waals surface area contributed by atoms with E-state index >= 15 is 0 Å². The van der Waals surface area contributed by atoms with Crippen molar-refractivity contribution in [2.75, 3.05) is 6.54 Å². The SMILES string of the molecule is Cc1cc(C)c(S(=O)(=O)N(CC(=O)N/N=C/c2c(O)ccc3ccccc23)Cc2ccc(Cl)cc2)c(C)c1. The molecule has 9 heteroatoms. The maximum absolute atomic E-state index is 13.8. The van der Waals surface area contributed by atoms with Crippen molar-refractivity contribution in [2.24, 2.45) is 5.10 Å². The van der Waals surface area contributed by atoms with Crippen molar-refractivity contribution in [3.8, 4) is 5.75 Å². The second-order valence-electron chi connectivity index (χ2n) is 9.14. The molecule has 4 aromatic rings. The van der Waals surface area contributed by atoms with Gasteiger partial charge in [0.15, 0.2) is 0 Å². The molecule has 0 radical (unpaired) electrons. The fraction of sp³-hybridized carbons (Fsp3) is 0.172. The summed E-state index contributed by atoms with van der Waals surface area (Å²) in [5, 5.41) is 16.5. The number of hydrazone groups is 1. The number of benzene rings is 4. The van der Waals surface area contributed by atoms with Crippen LogP contribution in [0, 0.1) is 20.8 Å². The van der Waals surface area contributed by atoms with Crippen molar-refractivity contribution in [1.29, 1.82) is 0 Å². The van der Waals surface area contributed by atoms with Crippen LogP contribution in [-0.4, -0.2) is 36.5 Å². The van der Waals surface area contributed by atoms with Gasteiger partial charge in [0.25, 0.3) is 5.91 Å². The van der Waals surface area contributed by atoms with E-state index in [4.69, 9.17) is 11.6 Å². The molecule has 0 unspecified atom stereocenters. The first-order valence-corrected chi connectivity index (χ1v) is 13.7. The third kappa shape index (κ3) is 6.05. The maximum atomic E-state index is 13.8. The molecule has 0 aromatic heterocycles. The van der Waals surface area contributed by atoms with Gasteiger partial charge in [-0.3, -0.25) is 4.79 Å². The molecular weight excluding hydrogens is 522 g/mol. The molecule has 2 N–H and O–H groups in total. The van der Waals surface area contributed by atoms with E-state index in [0.717, 1.165) is 20.6 Å². The van der Waals surface area contributed by atoms with Crippen LogP contribution >= 0.6 is 11.6 Å². The summed E-state index contributed by atoms with van der Waals surface area (Å²) in [6.07, 6.45) is 1.35. The zero-order valence-corrected chi connectivity index (χ0v) is 22.8. The molecule has 1 amide bonds. The molecule has 38 heavy (non-hydrogen) atoms. The smallest absolute Gasteiger partial charge is 0.255 e. The largest absolute Gasteiger partial charge is 0.507 e. The van der Waals surface area contributed by atoms with Crippen molar-refractivity contribution in [1.82, 2.24) is 9.73 Å². The average Bonchev–Trinajstić information content (AvgIpc) is 2.85. The summed E-state index contributed by atoms with van der Waals surface area (Å²) < 4.78 is 28.8. The summed E-state index contributed by atoms with van der Waals surface area (Å²) in [5.41, 5.74) is 5.69. The van der Waals surface area contributed by atoms with Crippen LogP contribution in [0.25, 0.3) is 10.8 Å². The van der Waals surface area contributed by atoms with Crippen LogP contribution in [0.1, 0.15) is 27.8 Å².